The van der Waals surface area contributed by atoms with Crippen LogP contribution < -0.4 is 9.80 Å². The Kier molecular flexibility index (Phi) is 7.38. The molecule has 232 valence electrons. The number of thiophene rings is 1. The van der Waals surface area contributed by atoms with Gasteiger partial charge in [-0.1, -0.05) is 121 Å². The van der Waals surface area contributed by atoms with Crippen molar-refractivity contribution >= 4 is 76.4 Å². The zero-order valence-electron chi connectivity index (χ0n) is 26.8. The minimum Gasteiger partial charge on any atom is -0.310 e. The van der Waals surface area contributed by atoms with Crippen molar-refractivity contribution in [3.05, 3.63) is 194 Å². The third kappa shape index (κ3) is 5.41. The standard InChI is InChI=1S/C46H32N2S/c1-5-15-33(16-6-1)34-25-27-40(28-26-34)48(39-23-11-4-12-24-39)43-31-41(47(37-19-7-2-8-20-37)38-21-9-3-10-22-38)32-45-46(43)42-29-35-17-13-14-18-36(35)30-44(42)49-45/h1-32H. The summed E-state index contributed by atoms with van der Waals surface area (Å²) in [6.07, 6.45) is 0. The molecule has 0 bridgehead atoms. The molecule has 1 heterocycles. The highest BCUT2D eigenvalue weighted by Gasteiger charge is 2.23. The molecule has 1 aromatic heterocycles. The fourth-order valence-electron chi connectivity index (χ4n) is 6.90. The van der Waals surface area contributed by atoms with Crippen LogP contribution in [0.3, 0.4) is 0 Å². The number of hydrogen-bond acceptors (Lipinski definition) is 3. The summed E-state index contributed by atoms with van der Waals surface area (Å²) in [6, 6.07) is 69.8. The topological polar surface area (TPSA) is 6.48 Å². The number of hydrogen-bond donors (Lipinski definition) is 0. The molecule has 9 aromatic rings. The van der Waals surface area contributed by atoms with Crippen LogP contribution in [0.2, 0.25) is 0 Å². The molecular weight excluding hydrogens is 613 g/mol. The van der Waals surface area contributed by atoms with Gasteiger partial charge in [0.15, 0.2) is 0 Å². The van der Waals surface area contributed by atoms with E-state index in [1.165, 1.54) is 42.1 Å². The lowest BCUT2D eigenvalue weighted by Gasteiger charge is -2.30. The van der Waals surface area contributed by atoms with Gasteiger partial charge in [-0.15, -0.1) is 11.3 Å². The molecule has 0 unspecified atom stereocenters. The van der Waals surface area contributed by atoms with Gasteiger partial charge in [0.1, 0.15) is 0 Å². The van der Waals surface area contributed by atoms with E-state index in [1.807, 2.05) is 11.3 Å². The van der Waals surface area contributed by atoms with Gasteiger partial charge >= 0.3 is 0 Å². The minimum absolute atomic E-state index is 1.11. The van der Waals surface area contributed by atoms with Crippen LogP contribution >= 0.6 is 11.3 Å². The second kappa shape index (κ2) is 12.5. The summed E-state index contributed by atoms with van der Waals surface area (Å²) in [5.41, 5.74) is 9.11. The first-order chi connectivity index (χ1) is 24.3. The van der Waals surface area contributed by atoms with Crippen molar-refractivity contribution in [2.45, 2.75) is 0 Å². The first-order valence-corrected chi connectivity index (χ1v) is 17.4. The zero-order chi connectivity index (χ0) is 32.6. The fourth-order valence-corrected chi connectivity index (χ4v) is 8.09. The molecule has 2 nitrogen and oxygen atoms in total. The average molecular weight is 645 g/mol. The predicted molar refractivity (Wildman–Crippen MR) is 212 cm³/mol. The molecule has 9 rings (SSSR count). The predicted octanol–water partition coefficient (Wildman–Crippen LogP) is 13.8. The van der Waals surface area contributed by atoms with Crippen LogP contribution in [-0.4, -0.2) is 0 Å². The SMILES string of the molecule is c1ccc(-c2ccc(N(c3ccccc3)c3cc(N(c4ccccc4)c4ccccc4)cc4sc5cc6ccccc6cc5c34)cc2)cc1. The average Bonchev–Trinajstić information content (AvgIpc) is 3.53. The zero-order valence-corrected chi connectivity index (χ0v) is 27.6. The van der Waals surface area contributed by atoms with E-state index in [0.29, 0.717) is 0 Å². The summed E-state index contributed by atoms with van der Waals surface area (Å²) in [4.78, 5) is 4.79. The summed E-state index contributed by atoms with van der Waals surface area (Å²) in [6.45, 7) is 0. The van der Waals surface area contributed by atoms with Crippen molar-refractivity contribution in [2.24, 2.45) is 0 Å². The highest BCUT2D eigenvalue weighted by Crippen LogP contribution is 2.49. The van der Waals surface area contributed by atoms with E-state index >= 15 is 0 Å². The van der Waals surface area contributed by atoms with E-state index < -0.39 is 0 Å². The Balaban J connectivity index is 1.34. The lowest BCUT2D eigenvalue weighted by atomic mass is 10.0. The van der Waals surface area contributed by atoms with Gasteiger partial charge in [-0.05, 0) is 94.7 Å². The largest absolute Gasteiger partial charge is 0.310 e. The van der Waals surface area contributed by atoms with E-state index in [1.54, 1.807) is 0 Å². The molecule has 3 heteroatoms. The fraction of sp³-hybridized carbons (Fsp3) is 0. The Labute approximate surface area is 290 Å². The molecule has 0 aliphatic heterocycles. The van der Waals surface area contributed by atoms with Gasteiger partial charge in [-0.25, -0.2) is 0 Å². The quantitative estimate of drug-likeness (QED) is 0.170. The molecular formula is C46H32N2S. The van der Waals surface area contributed by atoms with Crippen molar-refractivity contribution in [3.63, 3.8) is 0 Å². The van der Waals surface area contributed by atoms with Crippen LogP contribution in [0.5, 0.6) is 0 Å². The van der Waals surface area contributed by atoms with Gasteiger partial charge in [-0.3, -0.25) is 0 Å². The number of fused-ring (bicyclic) bond motifs is 4. The lowest BCUT2D eigenvalue weighted by Crippen LogP contribution is -2.13. The third-order valence-electron chi connectivity index (χ3n) is 9.18. The van der Waals surface area contributed by atoms with Crippen LogP contribution in [0.25, 0.3) is 42.1 Å². The number of anilines is 6. The van der Waals surface area contributed by atoms with Crippen molar-refractivity contribution < 1.29 is 0 Å². The van der Waals surface area contributed by atoms with Crippen LogP contribution in [0.15, 0.2) is 194 Å². The van der Waals surface area contributed by atoms with E-state index in [2.05, 4.69) is 204 Å². The van der Waals surface area contributed by atoms with Crippen molar-refractivity contribution in [3.8, 4) is 11.1 Å². The third-order valence-corrected chi connectivity index (χ3v) is 10.3. The highest BCUT2D eigenvalue weighted by atomic mass is 32.1. The molecule has 0 spiro atoms. The van der Waals surface area contributed by atoms with E-state index in [0.717, 1.165) is 34.1 Å². The minimum atomic E-state index is 1.11. The van der Waals surface area contributed by atoms with Gasteiger partial charge in [-0.2, -0.15) is 0 Å². The molecule has 0 saturated carbocycles. The Bertz CT molecular complexity index is 2490. The summed E-state index contributed by atoms with van der Waals surface area (Å²) in [5.74, 6) is 0. The molecule has 49 heavy (non-hydrogen) atoms. The number of para-hydroxylation sites is 3. The maximum Gasteiger partial charge on any atom is 0.0575 e. The Morgan fingerprint density at radius 2 is 0.796 bits per heavy atom. The Hall–Kier alpha value is -6.16. The number of benzene rings is 8. The van der Waals surface area contributed by atoms with Gasteiger partial charge in [0, 0.05) is 48.6 Å². The molecule has 0 aliphatic carbocycles. The summed E-state index contributed by atoms with van der Waals surface area (Å²) in [7, 11) is 0. The first-order valence-electron chi connectivity index (χ1n) is 16.6. The van der Waals surface area contributed by atoms with E-state index in [-0.39, 0.29) is 0 Å². The summed E-state index contributed by atoms with van der Waals surface area (Å²) >= 11 is 1.87. The second-order valence-corrected chi connectivity index (χ2v) is 13.3. The highest BCUT2D eigenvalue weighted by molar-refractivity contribution is 7.26. The van der Waals surface area contributed by atoms with Crippen molar-refractivity contribution in [1.29, 1.82) is 0 Å². The van der Waals surface area contributed by atoms with Crippen LogP contribution in [0, 0.1) is 0 Å². The van der Waals surface area contributed by atoms with Crippen molar-refractivity contribution in [1.82, 2.24) is 0 Å². The molecule has 8 aromatic carbocycles. The summed E-state index contributed by atoms with van der Waals surface area (Å²) < 4.78 is 2.53. The van der Waals surface area contributed by atoms with Crippen LogP contribution in [0.4, 0.5) is 34.1 Å². The number of rotatable bonds is 7. The molecule has 0 aliphatic rings. The van der Waals surface area contributed by atoms with E-state index in [4.69, 9.17) is 0 Å². The monoisotopic (exact) mass is 644 g/mol. The summed E-state index contributed by atoms with van der Waals surface area (Å²) in [5, 5.41) is 5.04. The van der Waals surface area contributed by atoms with E-state index in [9.17, 15) is 0 Å². The van der Waals surface area contributed by atoms with Gasteiger partial charge in [0.2, 0.25) is 0 Å². The molecule has 0 amide bonds. The first kappa shape index (κ1) is 29.0. The normalized spacial score (nSPS) is 11.3. The molecule has 0 atom stereocenters. The molecule has 0 N–H and O–H groups in total. The molecule has 0 radical (unpaired) electrons. The second-order valence-electron chi connectivity index (χ2n) is 12.2. The molecule has 0 fully saturated rings. The number of nitrogens with zero attached hydrogens (tertiary/aromatic N) is 2. The Morgan fingerprint density at radius 3 is 1.39 bits per heavy atom. The van der Waals surface area contributed by atoms with Crippen LogP contribution in [-0.2, 0) is 0 Å². The van der Waals surface area contributed by atoms with Crippen LogP contribution in [0.1, 0.15) is 0 Å². The Morgan fingerprint density at radius 1 is 0.327 bits per heavy atom. The van der Waals surface area contributed by atoms with Gasteiger partial charge in [0.05, 0.1) is 5.69 Å². The van der Waals surface area contributed by atoms with Crippen molar-refractivity contribution in [2.75, 3.05) is 9.80 Å². The smallest absolute Gasteiger partial charge is 0.0575 e. The lowest BCUT2D eigenvalue weighted by molar-refractivity contribution is 1.26. The van der Waals surface area contributed by atoms with Gasteiger partial charge in [0.25, 0.3) is 0 Å². The maximum atomic E-state index is 2.43. The molecule has 0 saturated heterocycles. The maximum absolute atomic E-state index is 2.43. The van der Waals surface area contributed by atoms with Gasteiger partial charge < -0.3 is 9.80 Å².